The number of nitrogens with two attached hydrogens (primary N) is 1. The number of amides is 1. The minimum atomic E-state index is 0.0185. The van der Waals surface area contributed by atoms with Gasteiger partial charge in [0.25, 0.3) is 0 Å². The van der Waals surface area contributed by atoms with Gasteiger partial charge in [-0.15, -0.1) is 0 Å². The van der Waals surface area contributed by atoms with Gasteiger partial charge < -0.3 is 11.1 Å². The molecule has 2 unspecified atom stereocenters. The van der Waals surface area contributed by atoms with Gasteiger partial charge in [-0.05, 0) is 37.1 Å². The summed E-state index contributed by atoms with van der Waals surface area (Å²) < 4.78 is 1.02. The predicted molar refractivity (Wildman–Crippen MR) is 73.5 cm³/mol. The highest BCUT2D eigenvalue weighted by Gasteiger charge is 2.12. The lowest BCUT2D eigenvalue weighted by molar-refractivity contribution is -0.122. The number of hydrogen-bond acceptors (Lipinski definition) is 2. The highest BCUT2D eigenvalue weighted by molar-refractivity contribution is 9.10. The first-order valence-corrected chi connectivity index (χ1v) is 6.57. The molecule has 0 saturated carbocycles. The summed E-state index contributed by atoms with van der Waals surface area (Å²) in [7, 11) is 0. The zero-order valence-corrected chi connectivity index (χ0v) is 11.8. The van der Waals surface area contributed by atoms with E-state index >= 15 is 0 Å². The molecule has 1 amide bonds. The summed E-state index contributed by atoms with van der Waals surface area (Å²) in [4.78, 5) is 11.7. The summed E-state index contributed by atoms with van der Waals surface area (Å²) in [6.07, 6.45) is 0.481. The van der Waals surface area contributed by atoms with Crippen molar-refractivity contribution in [2.45, 2.75) is 26.3 Å². The molecule has 1 aromatic carbocycles. The van der Waals surface area contributed by atoms with Crippen molar-refractivity contribution >= 4 is 21.8 Å². The molecule has 0 bridgehead atoms. The highest BCUT2D eigenvalue weighted by atomic mass is 79.9. The summed E-state index contributed by atoms with van der Waals surface area (Å²) in [6.45, 7) is 4.49. The van der Waals surface area contributed by atoms with Crippen molar-refractivity contribution in [1.29, 1.82) is 0 Å². The van der Waals surface area contributed by atoms with E-state index in [-0.39, 0.29) is 17.9 Å². The van der Waals surface area contributed by atoms with E-state index in [1.54, 1.807) is 0 Å². The summed E-state index contributed by atoms with van der Waals surface area (Å²) in [5.41, 5.74) is 6.59. The van der Waals surface area contributed by atoms with Crippen LogP contribution in [-0.2, 0) is 4.79 Å². The highest BCUT2D eigenvalue weighted by Crippen LogP contribution is 2.18. The lowest BCUT2D eigenvalue weighted by atomic mass is 10.1. The first-order chi connectivity index (χ1) is 8.02. The predicted octanol–water partition coefficient (Wildman–Crippen LogP) is 2.61. The van der Waals surface area contributed by atoms with Crippen molar-refractivity contribution in [2.75, 3.05) is 6.54 Å². The fourth-order valence-corrected chi connectivity index (χ4v) is 1.98. The Balaban J connectivity index is 2.54. The van der Waals surface area contributed by atoms with Crippen LogP contribution in [0.5, 0.6) is 0 Å². The number of rotatable bonds is 5. The number of carbonyl (C=O) groups excluding carboxylic acids is 1. The fourth-order valence-electron chi connectivity index (χ4n) is 1.56. The average Bonchev–Trinajstić information content (AvgIpc) is 2.28. The van der Waals surface area contributed by atoms with Crippen LogP contribution in [0.4, 0.5) is 0 Å². The summed E-state index contributed by atoms with van der Waals surface area (Å²) >= 11 is 3.42. The third-order valence-corrected chi connectivity index (χ3v) is 3.16. The normalized spacial score (nSPS) is 14.1. The number of benzene rings is 1. The molecule has 1 aromatic rings. The van der Waals surface area contributed by atoms with Crippen molar-refractivity contribution < 1.29 is 4.79 Å². The van der Waals surface area contributed by atoms with Gasteiger partial charge in [-0.3, -0.25) is 4.79 Å². The number of halogens is 1. The first-order valence-electron chi connectivity index (χ1n) is 5.77. The van der Waals surface area contributed by atoms with Crippen LogP contribution in [0.15, 0.2) is 28.7 Å². The molecule has 0 fully saturated rings. The van der Waals surface area contributed by atoms with Crippen molar-refractivity contribution in [3.05, 3.63) is 34.3 Å². The van der Waals surface area contributed by atoms with Gasteiger partial charge in [0, 0.05) is 10.9 Å². The molecule has 4 heteroatoms. The van der Waals surface area contributed by atoms with Gasteiger partial charge in [0.1, 0.15) is 0 Å². The molecule has 0 radical (unpaired) electrons. The molecule has 1 rings (SSSR count). The minimum absolute atomic E-state index is 0.0185. The zero-order valence-electron chi connectivity index (χ0n) is 10.2. The van der Waals surface area contributed by atoms with E-state index in [1.807, 2.05) is 38.1 Å². The molecule has 0 aliphatic carbocycles. The van der Waals surface area contributed by atoms with Gasteiger partial charge in [-0.1, -0.05) is 35.0 Å². The smallest absolute Gasteiger partial charge is 0.220 e. The van der Waals surface area contributed by atoms with E-state index < -0.39 is 0 Å². The van der Waals surface area contributed by atoms with E-state index in [4.69, 9.17) is 5.73 Å². The number of hydrogen-bond donors (Lipinski definition) is 2. The molecule has 0 aromatic heterocycles. The maximum Gasteiger partial charge on any atom is 0.220 e. The van der Waals surface area contributed by atoms with Crippen LogP contribution >= 0.6 is 15.9 Å². The molecule has 0 spiro atoms. The molecular weight excluding hydrogens is 280 g/mol. The maximum atomic E-state index is 11.7. The molecule has 3 nitrogen and oxygen atoms in total. The van der Waals surface area contributed by atoms with Crippen molar-refractivity contribution in [3.8, 4) is 0 Å². The third-order valence-electron chi connectivity index (χ3n) is 2.66. The second-order valence-corrected chi connectivity index (χ2v) is 5.30. The second-order valence-electron chi connectivity index (χ2n) is 4.39. The Morgan fingerprint density at radius 2 is 2.18 bits per heavy atom. The average molecular weight is 299 g/mol. The van der Waals surface area contributed by atoms with Gasteiger partial charge in [0.2, 0.25) is 5.91 Å². The van der Waals surface area contributed by atoms with Crippen molar-refractivity contribution in [3.63, 3.8) is 0 Å². The lowest BCUT2D eigenvalue weighted by Crippen LogP contribution is -2.29. The van der Waals surface area contributed by atoms with Gasteiger partial charge in [0.05, 0.1) is 6.04 Å². The molecule has 0 aliphatic rings. The number of nitrogens with one attached hydrogen (secondary N) is 1. The summed E-state index contributed by atoms with van der Waals surface area (Å²) in [5, 5.41) is 2.97. The Morgan fingerprint density at radius 3 is 2.76 bits per heavy atom. The third kappa shape index (κ3) is 4.88. The number of carbonyl (C=O) groups is 1. The van der Waals surface area contributed by atoms with Gasteiger partial charge in [-0.2, -0.15) is 0 Å². The van der Waals surface area contributed by atoms with Crippen LogP contribution in [0.2, 0.25) is 0 Å². The Labute approximate surface area is 111 Å². The van der Waals surface area contributed by atoms with Crippen LogP contribution in [0, 0.1) is 5.92 Å². The molecule has 0 heterocycles. The van der Waals surface area contributed by atoms with Gasteiger partial charge >= 0.3 is 0 Å². The quantitative estimate of drug-likeness (QED) is 0.878. The molecular formula is C13H19BrN2O. The van der Waals surface area contributed by atoms with Crippen LogP contribution in [0.3, 0.4) is 0 Å². The SMILES string of the molecule is CC(CN)CC(=O)NC(C)c1cccc(Br)c1. The van der Waals surface area contributed by atoms with E-state index in [0.717, 1.165) is 10.0 Å². The molecule has 0 aliphatic heterocycles. The topological polar surface area (TPSA) is 55.1 Å². The Kier molecular flexibility index (Phi) is 5.65. The van der Waals surface area contributed by atoms with Crippen LogP contribution < -0.4 is 11.1 Å². The lowest BCUT2D eigenvalue weighted by Gasteiger charge is -2.16. The van der Waals surface area contributed by atoms with Gasteiger partial charge in [-0.25, -0.2) is 0 Å². The van der Waals surface area contributed by atoms with E-state index in [9.17, 15) is 4.79 Å². The largest absolute Gasteiger partial charge is 0.350 e. The maximum absolute atomic E-state index is 11.7. The molecule has 0 saturated heterocycles. The van der Waals surface area contributed by atoms with E-state index in [1.165, 1.54) is 0 Å². The molecule has 94 valence electrons. The standard InChI is InChI=1S/C13H19BrN2O/c1-9(8-15)6-13(17)16-10(2)11-4-3-5-12(14)7-11/h3-5,7,9-10H,6,8,15H2,1-2H3,(H,16,17). The second kappa shape index (κ2) is 6.77. The van der Waals surface area contributed by atoms with Crippen LogP contribution in [0.1, 0.15) is 31.9 Å². The fraction of sp³-hybridized carbons (Fsp3) is 0.462. The van der Waals surface area contributed by atoms with Crippen LogP contribution in [0.25, 0.3) is 0 Å². The molecule has 2 atom stereocenters. The summed E-state index contributed by atoms with van der Waals surface area (Å²) in [5.74, 6) is 0.278. The van der Waals surface area contributed by atoms with Crippen molar-refractivity contribution in [1.82, 2.24) is 5.32 Å². The van der Waals surface area contributed by atoms with Crippen LogP contribution in [-0.4, -0.2) is 12.5 Å². The minimum Gasteiger partial charge on any atom is -0.350 e. The monoisotopic (exact) mass is 298 g/mol. The first kappa shape index (κ1) is 14.2. The zero-order chi connectivity index (χ0) is 12.8. The Bertz CT molecular complexity index is 381. The Hall–Kier alpha value is -0.870. The Morgan fingerprint density at radius 1 is 1.47 bits per heavy atom. The van der Waals surface area contributed by atoms with Gasteiger partial charge in [0.15, 0.2) is 0 Å². The van der Waals surface area contributed by atoms with E-state index in [0.29, 0.717) is 13.0 Å². The van der Waals surface area contributed by atoms with E-state index in [2.05, 4.69) is 21.2 Å². The molecule has 17 heavy (non-hydrogen) atoms. The molecule has 3 N–H and O–H groups in total. The van der Waals surface area contributed by atoms with Crippen molar-refractivity contribution in [2.24, 2.45) is 11.7 Å². The summed E-state index contributed by atoms with van der Waals surface area (Å²) in [6, 6.07) is 7.96.